The van der Waals surface area contributed by atoms with E-state index in [2.05, 4.69) is 15.9 Å². The van der Waals surface area contributed by atoms with E-state index >= 15 is 0 Å². The first-order valence-corrected chi connectivity index (χ1v) is 7.03. The van der Waals surface area contributed by atoms with Gasteiger partial charge in [-0.2, -0.15) is 0 Å². The summed E-state index contributed by atoms with van der Waals surface area (Å²) in [7, 11) is 0. The van der Waals surface area contributed by atoms with Gasteiger partial charge in [-0.1, -0.05) is 12.1 Å². The lowest BCUT2D eigenvalue weighted by atomic mass is 10.1. The van der Waals surface area contributed by atoms with Crippen molar-refractivity contribution in [3.8, 4) is 0 Å². The Kier molecular flexibility index (Phi) is 2.80. The Morgan fingerprint density at radius 2 is 1.67 bits per heavy atom. The molecule has 0 saturated heterocycles. The summed E-state index contributed by atoms with van der Waals surface area (Å²) < 4.78 is 0.957. The molecule has 2 amide bonds. The summed E-state index contributed by atoms with van der Waals surface area (Å²) in [5.41, 5.74) is 1.94. The first-order valence-electron chi connectivity index (χ1n) is 5.35. The van der Waals surface area contributed by atoms with Gasteiger partial charge < -0.3 is 0 Å². The highest BCUT2D eigenvalue weighted by molar-refractivity contribution is 9.11. The number of rotatable bonds is 2. The van der Waals surface area contributed by atoms with Crippen LogP contribution in [-0.4, -0.2) is 16.7 Å². The molecule has 3 rings (SSSR count). The van der Waals surface area contributed by atoms with Crippen LogP contribution in [0.4, 0.5) is 0 Å². The monoisotopic (exact) mass is 321 g/mol. The normalized spacial score (nSPS) is 14.2. The summed E-state index contributed by atoms with van der Waals surface area (Å²) in [6, 6.07) is 8.84. The molecule has 0 spiro atoms. The van der Waals surface area contributed by atoms with Gasteiger partial charge >= 0.3 is 0 Å². The van der Waals surface area contributed by atoms with Gasteiger partial charge in [-0.25, -0.2) is 0 Å². The minimum absolute atomic E-state index is 0.214. The molecule has 18 heavy (non-hydrogen) atoms. The maximum absolute atomic E-state index is 12.1. The zero-order chi connectivity index (χ0) is 12.7. The van der Waals surface area contributed by atoms with E-state index in [9.17, 15) is 9.59 Å². The van der Waals surface area contributed by atoms with Crippen LogP contribution in [0.5, 0.6) is 0 Å². The van der Waals surface area contributed by atoms with Crippen molar-refractivity contribution < 1.29 is 9.59 Å². The van der Waals surface area contributed by atoms with Gasteiger partial charge in [0.2, 0.25) is 0 Å². The van der Waals surface area contributed by atoms with Gasteiger partial charge in [0.05, 0.1) is 21.5 Å². The smallest absolute Gasteiger partial charge is 0.261 e. The lowest BCUT2D eigenvalue weighted by molar-refractivity contribution is 0.0642. The molecule has 5 heteroatoms. The van der Waals surface area contributed by atoms with Gasteiger partial charge in [-0.15, -0.1) is 11.3 Å². The number of benzene rings is 1. The zero-order valence-electron chi connectivity index (χ0n) is 9.22. The molecule has 90 valence electrons. The molecule has 0 unspecified atom stereocenters. The number of imide groups is 1. The summed E-state index contributed by atoms with van der Waals surface area (Å²) in [6.45, 7) is 0.316. The summed E-state index contributed by atoms with van der Waals surface area (Å²) in [5, 5.41) is 1.93. The number of carbonyl (C=O) groups is 2. The Balaban J connectivity index is 1.95. The van der Waals surface area contributed by atoms with E-state index in [0.717, 1.165) is 9.35 Å². The molecule has 3 nitrogen and oxygen atoms in total. The third kappa shape index (κ3) is 1.71. The van der Waals surface area contributed by atoms with Crippen LogP contribution in [0.3, 0.4) is 0 Å². The Morgan fingerprint density at radius 1 is 1.06 bits per heavy atom. The molecule has 2 heterocycles. The van der Waals surface area contributed by atoms with Crippen LogP contribution in [0, 0.1) is 0 Å². The van der Waals surface area contributed by atoms with Crippen LogP contribution in [0.2, 0.25) is 0 Å². The Bertz CT molecular complexity index is 615. The largest absolute Gasteiger partial charge is 0.270 e. The molecule has 0 aliphatic carbocycles. The number of halogens is 1. The summed E-state index contributed by atoms with van der Waals surface area (Å²) in [6.07, 6.45) is 0. The maximum Gasteiger partial charge on any atom is 0.261 e. The molecule has 1 aromatic heterocycles. The second-order valence-corrected chi connectivity index (χ2v) is 6.20. The molecule has 1 aliphatic heterocycles. The minimum atomic E-state index is -0.214. The topological polar surface area (TPSA) is 37.4 Å². The SMILES string of the molecule is O=C1c2ccccc2C(=O)N1Cc1ccsc1Br. The summed E-state index contributed by atoms with van der Waals surface area (Å²) in [4.78, 5) is 25.6. The van der Waals surface area contributed by atoms with E-state index in [1.54, 1.807) is 35.6 Å². The van der Waals surface area contributed by atoms with E-state index in [-0.39, 0.29) is 11.8 Å². The van der Waals surface area contributed by atoms with E-state index in [0.29, 0.717) is 17.7 Å². The lowest BCUT2D eigenvalue weighted by Gasteiger charge is -2.12. The quantitative estimate of drug-likeness (QED) is 0.796. The fourth-order valence-corrected chi connectivity index (χ4v) is 3.20. The molecule has 1 aliphatic rings. The average molecular weight is 322 g/mol. The van der Waals surface area contributed by atoms with Crippen LogP contribution < -0.4 is 0 Å². The summed E-state index contributed by atoms with van der Waals surface area (Å²) in [5.74, 6) is -0.428. The molecular weight excluding hydrogens is 314 g/mol. The number of hydrogen-bond acceptors (Lipinski definition) is 3. The van der Waals surface area contributed by atoms with Gasteiger partial charge in [0.1, 0.15) is 0 Å². The van der Waals surface area contributed by atoms with Crippen molar-refractivity contribution in [2.24, 2.45) is 0 Å². The van der Waals surface area contributed by atoms with Crippen LogP contribution in [0.1, 0.15) is 26.3 Å². The zero-order valence-corrected chi connectivity index (χ0v) is 11.6. The van der Waals surface area contributed by atoms with Crippen molar-refractivity contribution in [3.63, 3.8) is 0 Å². The molecule has 1 aromatic carbocycles. The van der Waals surface area contributed by atoms with E-state index in [1.807, 2.05) is 11.4 Å². The Morgan fingerprint density at radius 3 is 2.17 bits per heavy atom. The fraction of sp³-hybridized carbons (Fsp3) is 0.0769. The van der Waals surface area contributed by atoms with Gasteiger partial charge in [-0.3, -0.25) is 14.5 Å². The number of fused-ring (bicyclic) bond motifs is 1. The molecule has 0 bridgehead atoms. The van der Waals surface area contributed by atoms with Gasteiger partial charge in [0.25, 0.3) is 11.8 Å². The third-order valence-corrected chi connectivity index (χ3v) is 4.71. The second-order valence-electron chi connectivity index (χ2n) is 3.96. The van der Waals surface area contributed by atoms with Crippen molar-refractivity contribution in [2.75, 3.05) is 0 Å². The summed E-state index contributed by atoms with van der Waals surface area (Å²) >= 11 is 4.96. The van der Waals surface area contributed by atoms with Crippen molar-refractivity contribution in [3.05, 3.63) is 56.2 Å². The molecule has 2 aromatic rings. The van der Waals surface area contributed by atoms with Crippen LogP contribution in [0.15, 0.2) is 39.5 Å². The molecule has 0 N–H and O–H groups in total. The predicted molar refractivity (Wildman–Crippen MR) is 72.7 cm³/mol. The molecule has 0 atom stereocenters. The van der Waals surface area contributed by atoms with Crippen molar-refractivity contribution in [1.82, 2.24) is 4.90 Å². The second kappa shape index (κ2) is 4.33. The molecular formula is C13H8BrNO2S. The minimum Gasteiger partial charge on any atom is -0.270 e. The molecule has 0 radical (unpaired) electrons. The van der Waals surface area contributed by atoms with E-state index in [4.69, 9.17) is 0 Å². The van der Waals surface area contributed by atoms with Gasteiger partial charge in [0, 0.05) is 0 Å². The number of carbonyl (C=O) groups excluding carboxylic acids is 2. The van der Waals surface area contributed by atoms with E-state index < -0.39 is 0 Å². The van der Waals surface area contributed by atoms with Gasteiger partial charge in [-0.05, 0) is 45.1 Å². The highest BCUT2D eigenvalue weighted by Gasteiger charge is 2.35. The first-order chi connectivity index (χ1) is 8.68. The predicted octanol–water partition coefficient (Wildman–Crippen LogP) is 3.31. The van der Waals surface area contributed by atoms with Crippen molar-refractivity contribution in [1.29, 1.82) is 0 Å². The number of hydrogen-bond donors (Lipinski definition) is 0. The first kappa shape index (κ1) is 11.6. The third-order valence-electron chi connectivity index (χ3n) is 2.90. The van der Waals surface area contributed by atoms with Gasteiger partial charge in [0.15, 0.2) is 0 Å². The Hall–Kier alpha value is -1.46. The highest BCUT2D eigenvalue weighted by atomic mass is 79.9. The molecule has 0 saturated carbocycles. The number of amides is 2. The van der Waals surface area contributed by atoms with Crippen molar-refractivity contribution in [2.45, 2.75) is 6.54 Å². The van der Waals surface area contributed by atoms with E-state index in [1.165, 1.54) is 4.90 Å². The van der Waals surface area contributed by atoms with Crippen LogP contribution >= 0.6 is 27.3 Å². The van der Waals surface area contributed by atoms with Crippen LogP contribution in [0.25, 0.3) is 0 Å². The number of nitrogens with zero attached hydrogens (tertiary/aromatic N) is 1. The molecule has 0 fully saturated rings. The standard InChI is InChI=1S/C13H8BrNO2S/c14-11-8(5-6-18-11)7-15-12(16)9-3-1-2-4-10(9)13(15)17/h1-6H,7H2. The maximum atomic E-state index is 12.1. The highest BCUT2D eigenvalue weighted by Crippen LogP contribution is 2.29. The lowest BCUT2D eigenvalue weighted by Crippen LogP contribution is -2.28. The van der Waals surface area contributed by atoms with Crippen LogP contribution in [-0.2, 0) is 6.54 Å². The van der Waals surface area contributed by atoms with Crippen molar-refractivity contribution >= 4 is 39.1 Å². The Labute approximate surface area is 116 Å². The number of thiophene rings is 1. The average Bonchev–Trinajstić information content (AvgIpc) is 2.89. The fourth-order valence-electron chi connectivity index (χ4n) is 1.99.